The van der Waals surface area contributed by atoms with Gasteiger partial charge in [-0.1, -0.05) is 12.0 Å². The summed E-state index contributed by atoms with van der Waals surface area (Å²) in [5.74, 6) is 3.05. The highest BCUT2D eigenvalue weighted by Gasteiger charge is 2.20. The van der Waals surface area contributed by atoms with E-state index < -0.39 is 0 Å². The Kier molecular flexibility index (Phi) is 6.09. The number of carbonyl (C=O) groups is 1. The van der Waals surface area contributed by atoms with Crippen LogP contribution in [0.15, 0.2) is 17.5 Å². The highest BCUT2D eigenvalue weighted by molar-refractivity contribution is 7.09. The molecule has 2 rings (SSSR count). The fourth-order valence-corrected chi connectivity index (χ4v) is 3.24. The first-order valence-corrected chi connectivity index (χ1v) is 8.30. The van der Waals surface area contributed by atoms with Gasteiger partial charge in [0.05, 0.1) is 6.04 Å². The lowest BCUT2D eigenvalue weighted by molar-refractivity contribution is 0.176. The summed E-state index contributed by atoms with van der Waals surface area (Å²) < 4.78 is 0. The normalized spacial score (nSPS) is 17.9. The molecule has 1 atom stereocenters. The molecule has 0 unspecified atom stereocenters. The van der Waals surface area contributed by atoms with E-state index >= 15 is 0 Å². The van der Waals surface area contributed by atoms with Gasteiger partial charge in [-0.05, 0) is 50.2 Å². The lowest BCUT2D eigenvalue weighted by Gasteiger charge is -2.31. The zero-order valence-corrected chi connectivity index (χ0v) is 13.3. The van der Waals surface area contributed by atoms with Gasteiger partial charge in [0.25, 0.3) is 0 Å². The summed E-state index contributed by atoms with van der Waals surface area (Å²) in [6.07, 6.45) is 7.50. The molecule has 114 valence electrons. The van der Waals surface area contributed by atoms with Crippen LogP contribution in [0.4, 0.5) is 4.79 Å². The van der Waals surface area contributed by atoms with Gasteiger partial charge >= 0.3 is 6.03 Å². The Balaban J connectivity index is 1.63. The molecular formula is C16H23N3OS. The second-order valence-corrected chi connectivity index (χ2v) is 6.57. The summed E-state index contributed by atoms with van der Waals surface area (Å²) in [6.45, 7) is 5.79. The third kappa shape index (κ3) is 5.41. The highest BCUT2D eigenvalue weighted by Crippen LogP contribution is 2.20. The van der Waals surface area contributed by atoms with Crippen LogP contribution in [0.5, 0.6) is 0 Å². The number of hydrogen-bond donors (Lipinski definition) is 2. The van der Waals surface area contributed by atoms with Crippen LogP contribution in [-0.2, 0) is 6.54 Å². The number of terminal acetylenes is 1. The number of thiophene rings is 1. The molecule has 21 heavy (non-hydrogen) atoms. The van der Waals surface area contributed by atoms with Crippen molar-refractivity contribution < 1.29 is 4.79 Å². The SMILES string of the molecule is C#C[C@@H](C)NC(=O)NCC1CCN(Cc2cccs2)CC1. The molecule has 2 N–H and O–H groups in total. The number of nitrogens with one attached hydrogen (secondary N) is 2. The van der Waals surface area contributed by atoms with E-state index in [-0.39, 0.29) is 12.1 Å². The molecule has 1 fully saturated rings. The molecule has 0 radical (unpaired) electrons. The number of likely N-dealkylation sites (tertiary alicyclic amines) is 1. The number of carbonyl (C=O) groups excluding carboxylic acids is 1. The molecule has 1 aromatic heterocycles. The zero-order valence-electron chi connectivity index (χ0n) is 12.5. The highest BCUT2D eigenvalue weighted by atomic mass is 32.1. The van der Waals surface area contributed by atoms with Gasteiger partial charge < -0.3 is 10.6 Å². The van der Waals surface area contributed by atoms with Crippen molar-refractivity contribution in [1.29, 1.82) is 0 Å². The predicted molar refractivity (Wildman–Crippen MR) is 87.1 cm³/mol. The summed E-state index contributed by atoms with van der Waals surface area (Å²) in [5, 5.41) is 7.76. The van der Waals surface area contributed by atoms with Gasteiger partial charge in [-0.2, -0.15) is 0 Å². The average Bonchev–Trinajstić information content (AvgIpc) is 2.99. The molecule has 1 aliphatic rings. The Labute approximate surface area is 130 Å². The number of amides is 2. The van der Waals surface area contributed by atoms with Gasteiger partial charge in [0.2, 0.25) is 0 Å². The molecule has 0 spiro atoms. The number of nitrogens with zero attached hydrogens (tertiary/aromatic N) is 1. The first-order chi connectivity index (χ1) is 10.2. The van der Waals surface area contributed by atoms with Crippen LogP contribution in [0.25, 0.3) is 0 Å². The van der Waals surface area contributed by atoms with Crippen LogP contribution in [0.2, 0.25) is 0 Å². The maximum Gasteiger partial charge on any atom is 0.315 e. The van der Waals surface area contributed by atoms with Crippen LogP contribution >= 0.6 is 11.3 Å². The third-order valence-corrected chi connectivity index (χ3v) is 4.68. The van der Waals surface area contributed by atoms with E-state index in [1.54, 1.807) is 6.92 Å². The second-order valence-electron chi connectivity index (χ2n) is 5.54. The first-order valence-electron chi connectivity index (χ1n) is 7.42. The van der Waals surface area contributed by atoms with Gasteiger partial charge in [-0.25, -0.2) is 4.79 Å². The van der Waals surface area contributed by atoms with E-state index in [0.717, 1.165) is 39.0 Å². The van der Waals surface area contributed by atoms with Crippen molar-refractivity contribution in [2.45, 2.75) is 32.4 Å². The average molecular weight is 305 g/mol. The maximum atomic E-state index is 11.6. The minimum Gasteiger partial charge on any atom is -0.338 e. The Hall–Kier alpha value is -1.51. The van der Waals surface area contributed by atoms with Crippen molar-refractivity contribution in [2.24, 2.45) is 5.92 Å². The summed E-state index contributed by atoms with van der Waals surface area (Å²) in [4.78, 5) is 15.5. The molecule has 1 aromatic rings. The molecule has 0 aromatic carbocycles. The predicted octanol–water partition coefficient (Wildman–Crippen LogP) is 2.28. The van der Waals surface area contributed by atoms with Crippen molar-refractivity contribution in [3.8, 4) is 12.3 Å². The van der Waals surface area contributed by atoms with Crippen molar-refractivity contribution in [3.63, 3.8) is 0 Å². The summed E-state index contributed by atoms with van der Waals surface area (Å²) in [7, 11) is 0. The van der Waals surface area contributed by atoms with Crippen molar-refractivity contribution in [3.05, 3.63) is 22.4 Å². The number of urea groups is 1. The van der Waals surface area contributed by atoms with E-state index in [1.165, 1.54) is 4.88 Å². The lowest BCUT2D eigenvalue weighted by Crippen LogP contribution is -2.44. The van der Waals surface area contributed by atoms with Gasteiger partial charge in [0, 0.05) is 18.0 Å². The van der Waals surface area contributed by atoms with Crippen LogP contribution in [0.3, 0.4) is 0 Å². The monoisotopic (exact) mass is 305 g/mol. The Morgan fingerprint density at radius 3 is 2.95 bits per heavy atom. The topological polar surface area (TPSA) is 44.4 Å². The fourth-order valence-electron chi connectivity index (χ4n) is 2.50. The minimum absolute atomic E-state index is 0.165. The molecule has 2 amide bonds. The molecule has 1 aliphatic heterocycles. The Bertz CT molecular complexity index is 472. The van der Waals surface area contributed by atoms with E-state index in [2.05, 4.69) is 39.0 Å². The Morgan fingerprint density at radius 1 is 1.57 bits per heavy atom. The van der Waals surface area contributed by atoms with Gasteiger partial charge in [0.1, 0.15) is 0 Å². The molecule has 2 heterocycles. The number of rotatable bonds is 5. The van der Waals surface area contributed by atoms with Crippen molar-refractivity contribution in [1.82, 2.24) is 15.5 Å². The van der Waals surface area contributed by atoms with Crippen LogP contribution in [0.1, 0.15) is 24.6 Å². The summed E-state index contributed by atoms with van der Waals surface area (Å²) in [6, 6.07) is 3.90. The lowest BCUT2D eigenvalue weighted by atomic mass is 9.97. The largest absolute Gasteiger partial charge is 0.338 e. The molecule has 4 nitrogen and oxygen atoms in total. The van der Waals surface area contributed by atoms with E-state index in [9.17, 15) is 4.79 Å². The van der Waals surface area contributed by atoms with Gasteiger partial charge in [-0.15, -0.1) is 17.8 Å². The van der Waals surface area contributed by atoms with E-state index in [4.69, 9.17) is 6.42 Å². The molecule has 0 saturated carbocycles. The van der Waals surface area contributed by atoms with Crippen LogP contribution < -0.4 is 10.6 Å². The number of hydrogen-bond acceptors (Lipinski definition) is 3. The summed E-state index contributed by atoms with van der Waals surface area (Å²) >= 11 is 1.82. The van der Waals surface area contributed by atoms with Crippen LogP contribution in [-0.4, -0.2) is 36.6 Å². The van der Waals surface area contributed by atoms with Crippen molar-refractivity contribution in [2.75, 3.05) is 19.6 Å². The van der Waals surface area contributed by atoms with E-state index in [0.29, 0.717) is 5.92 Å². The molecule has 5 heteroatoms. The van der Waals surface area contributed by atoms with Gasteiger partial charge in [0.15, 0.2) is 0 Å². The second kappa shape index (κ2) is 8.06. The smallest absolute Gasteiger partial charge is 0.315 e. The standard InChI is InChI=1S/C16H23N3OS/c1-3-13(2)18-16(20)17-11-14-6-8-19(9-7-14)12-15-5-4-10-21-15/h1,4-5,10,13-14H,6-9,11-12H2,2H3,(H2,17,18,20)/t13-/m1/s1. The zero-order chi connectivity index (χ0) is 15.1. The molecular weight excluding hydrogens is 282 g/mol. The van der Waals surface area contributed by atoms with E-state index in [1.807, 2.05) is 11.3 Å². The quantitative estimate of drug-likeness (QED) is 0.820. The van der Waals surface area contributed by atoms with Gasteiger partial charge in [-0.3, -0.25) is 4.90 Å². The fraction of sp³-hybridized carbons (Fsp3) is 0.562. The third-order valence-electron chi connectivity index (χ3n) is 3.82. The summed E-state index contributed by atoms with van der Waals surface area (Å²) in [5.41, 5.74) is 0. The van der Waals surface area contributed by atoms with Crippen LogP contribution in [0, 0.1) is 18.3 Å². The number of piperidine rings is 1. The molecule has 0 aliphatic carbocycles. The molecule has 0 bridgehead atoms. The minimum atomic E-state index is -0.224. The van der Waals surface area contributed by atoms with Crippen molar-refractivity contribution >= 4 is 17.4 Å². The molecule has 1 saturated heterocycles. The first kappa shape index (κ1) is 15.9. The Morgan fingerprint density at radius 2 is 2.33 bits per heavy atom. The maximum absolute atomic E-state index is 11.6.